The minimum atomic E-state index is -0.242. The molecule has 63 heavy (non-hydrogen) atoms. The zero-order chi connectivity index (χ0) is 44.1. The van der Waals surface area contributed by atoms with Gasteiger partial charge >= 0.3 is 6.09 Å². The van der Waals surface area contributed by atoms with E-state index in [4.69, 9.17) is 9.72 Å². The maximum Gasteiger partial charge on any atom is 0.410 e. The number of aryl methyl sites for hydroxylation is 2. The van der Waals surface area contributed by atoms with Crippen molar-refractivity contribution in [2.45, 2.75) is 122 Å². The van der Waals surface area contributed by atoms with Crippen molar-refractivity contribution in [1.82, 2.24) is 24.7 Å². The van der Waals surface area contributed by atoms with E-state index >= 15 is 0 Å². The molecule has 0 N–H and O–H groups in total. The van der Waals surface area contributed by atoms with Gasteiger partial charge in [0.2, 0.25) is 11.8 Å². The van der Waals surface area contributed by atoms with Crippen LogP contribution in [0, 0.1) is 18.8 Å². The molecule has 9 rings (SSSR count). The van der Waals surface area contributed by atoms with Gasteiger partial charge in [0, 0.05) is 100 Å². The molecule has 1 aromatic heterocycles. The molecule has 0 atom stereocenters. The molecule has 4 saturated heterocycles. The number of ether oxygens (including phenoxy) is 1. The van der Waals surface area contributed by atoms with Crippen LogP contribution < -0.4 is 14.7 Å². The van der Waals surface area contributed by atoms with E-state index in [1.807, 2.05) is 34.0 Å². The first-order valence-corrected chi connectivity index (χ1v) is 23.7. The lowest BCUT2D eigenvalue weighted by Crippen LogP contribution is -2.52. The van der Waals surface area contributed by atoms with Crippen molar-refractivity contribution < 1.29 is 19.1 Å². The molecule has 3 amide bonds. The Labute approximate surface area is 375 Å². The molecule has 7 heterocycles. The number of hydrogen-bond donors (Lipinski definition) is 0. The van der Waals surface area contributed by atoms with Crippen molar-refractivity contribution in [3.63, 3.8) is 0 Å². The lowest BCUT2D eigenvalue weighted by atomic mass is 9.72. The molecule has 0 aliphatic carbocycles. The number of aromatic nitrogens is 2. The number of piperidine rings is 4. The van der Waals surface area contributed by atoms with Crippen molar-refractivity contribution in [3.05, 3.63) is 77.2 Å². The second kappa shape index (κ2) is 19.4. The van der Waals surface area contributed by atoms with Gasteiger partial charge in [-0.25, -0.2) is 9.78 Å². The van der Waals surface area contributed by atoms with Gasteiger partial charge in [-0.05, 0) is 120 Å². The molecule has 2 spiro atoms. The number of amides is 3. The quantitative estimate of drug-likeness (QED) is 0.248. The number of hydrogen-bond acceptors (Lipinski definition) is 9. The Morgan fingerprint density at radius 1 is 0.714 bits per heavy atom. The van der Waals surface area contributed by atoms with Gasteiger partial charge in [0.1, 0.15) is 5.82 Å². The zero-order valence-electron chi connectivity index (χ0n) is 38.4. The molecule has 2 aromatic carbocycles. The summed E-state index contributed by atoms with van der Waals surface area (Å²) in [5, 5.41) is 0. The summed E-state index contributed by atoms with van der Waals surface area (Å²) in [4.78, 5) is 59.4. The molecule has 0 saturated carbocycles. The van der Waals surface area contributed by atoms with Crippen LogP contribution in [0.2, 0.25) is 0 Å². The lowest BCUT2D eigenvalue weighted by molar-refractivity contribution is -0.117. The fraction of sp³-hybridized carbons (Fsp3) is 0.588. The number of carbonyl (C=O) groups excluding carboxylic acids is 3. The highest BCUT2D eigenvalue weighted by Gasteiger charge is 2.48. The summed E-state index contributed by atoms with van der Waals surface area (Å²) in [5.41, 5.74) is 7.59. The van der Waals surface area contributed by atoms with E-state index in [2.05, 4.69) is 87.8 Å². The van der Waals surface area contributed by atoms with Crippen LogP contribution in [0.5, 0.6) is 0 Å². The minimum absolute atomic E-state index is 0.0763. The predicted molar refractivity (Wildman–Crippen MR) is 249 cm³/mol. The maximum absolute atomic E-state index is 12.3. The second-order valence-electron chi connectivity index (χ2n) is 18.7. The Morgan fingerprint density at radius 3 is 1.94 bits per heavy atom. The van der Waals surface area contributed by atoms with Gasteiger partial charge in [0.05, 0.1) is 11.9 Å². The van der Waals surface area contributed by atoms with Crippen molar-refractivity contribution >= 4 is 35.1 Å². The topological polar surface area (TPSA) is 106 Å². The summed E-state index contributed by atoms with van der Waals surface area (Å²) in [6.07, 6.45) is 14.0. The number of benzene rings is 2. The van der Waals surface area contributed by atoms with Crippen LogP contribution in [0.1, 0.15) is 108 Å². The van der Waals surface area contributed by atoms with Crippen LogP contribution in [-0.4, -0.2) is 127 Å². The SMILES string of the molecule is CCC#CCOC(=O)N1CCC(N2CCC3(CC2)CN(C(C)=O)c2cccc(C)c23)CC1.CCc1cncc(N2CCC(N3CCC4(CC3)CN(C(C)=O)c3ccccc34)CC2)n1. The third-order valence-corrected chi connectivity index (χ3v) is 15.2. The highest BCUT2D eigenvalue weighted by atomic mass is 16.6. The lowest BCUT2D eigenvalue weighted by Gasteiger charge is -2.45. The van der Waals surface area contributed by atoms with Gasteiger partial charge in [-0.15, -0.1) is 5.92 Å². The second-order valence-corrected chi connectivity index (χ2v) is 18.7. The van der Waals surface area contributed by atoms with Gasteiger partial charge in [-0.3, -0.25) is 14.6 Å². The van der Waals surface area contributed by atoms with E-state index in [-0.39, 0.29) is 35.3 Å². The van der Waals surface area contributed by atoms with E-state index in [1.165, 1.54) is 29.5 Å². The number of fused-ring (bicyclic) bond motifs is 4. The first kappa shape index (κ1) is 44.6. The fourth-order valence-corrected chi connectivity index (χ4v) is 11.7. The molecule has 0 unspecified atom stereocenters. The van der Waals surface area contributed by atoms with Crippen molar-refractivity contribution in [3.8, 4) is 11.8 Å². The number of rotatable bonds is 5. The predicted octanol–water partition coefficient (Wildman–Crippen LogP) is 7.12. The van der Waals surface area contributed by atoms with E-state index in [0.29, 0.717) is 12.1 Å². The average molecular weight is 857 g/mol. The van der Waals surface area contributed by atoms with Gasteiger partial charge in [-0.1, -0.05) is 50.1 Å². The highest BCUT2D eigenvalue weighted by Crippen LogP contribution is 2.50. The molecule has 6 aliphatic heterocycles. The van der Waals surface area contributed by atoms with E-state index in [9.17, 15) is 14.4 Å². The van der Waals surface area contributed by atoms with Gasteiger partial charge in [0.15, 0.2) is 6.61 Å². The van der Waals surface area contributed by atoms with Crippen molar-refractivity contribution in [2.24, 2.45) is 0 Å². The maximum atomic E-state index is 12.3. The molecular weight excluding hydrogens is 789 g/mol. The van der Waals surface area contributed by atoms with E-state index < -0.39 is 0 Å². The molecule has 6 aliphatic rings. The number of likely N-dealkylation sites (tertiary alicyclic amines) is 3. The molecule has 12 nitrogen and oxygen atoms in total. The number of carbonyl (C=O) groups is 3. The van der Waals surface area contributed by atoms with Crippen molar-refractivity contribution in [2.75, 3.05) is 86.8 Å². The summed E-state index contributed by atoms with van der Waals surface area (Å²) in [6, 6.07) is 16.1. The van der Waals surface area contributed by atoms with E-state index in [0.717, 1.165) is 140 Å². The van der Waals surface area contributed by atoms with Crippen LogP contribution >= 0.6 is 0 Å². The van der Waals surface area contributed by atoms with Crippen molar-refractivity contribution in [1.29, 1.82) is 0 Å². The Bertz CT molecular complexity index is 2170. The summed E-state index contributed by atoms with van der Waals surface area (Å²) in [5.74, 6) is 7.11. The standard InChI is InChI=1S/C26H35N3O3.C25H33N5O/c1-4-5-6-18-32-25(31)28-14-10-22(11-15-28)27-16-12-26(13-17-27)19-29(21(3)30)23-9-7-8-20(2)24(23)26;1-3-20-16-26-17-24(27-20)29-12-8-21(9-13-29)28-14-10-25(11-15-28)18-30(19(2)31)23-7-5-4-6-22(23)25/h7-9,22H,4,10-19H2,1-3H3;4-7,16-17,21H,3,8-15,18H2,1-2H3. The van der Waals surface area contributed by atoms with Crippen LogP contribution in [0.4, 0.5) is 22.0 Å². The molecule has 336 valence electrons. The van der Waals surface area contributed by atoms with Gasteiger partial charge in [-0.2, -0.15) is 0 Å². The average Bonchev–Trinajstić information content (AvgIpc) is 3.82. The Hall–Kier alpha value is -4.99. The molecular formula is C51H68N8O4. The third kappa shape index (κ3) is 9.33. The third-order valence-electron chi connectivity index (χ3n) is 15.2. The fourth-order valence-electron chi connectivity index (χ4n) is 11.7. The monoisotopic (exact) mass is 857 g/mol. The molecule has 12 heteroatoms. The number of anilines is 3. The smallest absolute Gasteiger partial charge is 0.410 e. The summed E-state index contributed by atoms with van der Waals surface area (Å²) >= 11 is 0. The largest absolute Gasteiger partial charge is 0.436 e. The molecule has 4 fully saturated rings. The van der Waals surface area contributed by atoms with E-state index in [1.54, 1.807) is 13.8 Å². The molecule has 0 bridgehead atoms. The normalized spacial score (nSPS) is 21.0. The Kier molecular flexibility index (Phi) is 13.7. The summed E-state index contributed by atoms with van der Waals surface area (Å²) in [7, 11) is 0. The van der Waals surface area contributed by atoms with Gasteiger partial charge in [0.25, 0.3) is 0 Å². The first-order valence-electron chi connectivity index (χ1n) is 23.7. The summed E-state index contributed by atoms with van der Waals surface area (Å²) in [6.45, 7) is 19.4. The zero-order valence-corrected chi connectivity index (χ0v) is 38.4. The Morgan fingerprint density at radius 2 is 1.30 bits per heavy atom. The summed E-state index contributed by atoms with van der Waals surface area (Å²) < 4.78 is 5.27. The molecule has 3 aromatic rings. The van der Waals surface area contributed by atoms with Gasteiger partial charge < -0.3 is 34.1 Å². The highest BCUT2D eigenvalue weighted by molar-refractivity contribution is 5.95. The van der Waals surface area contributed by atoms with Crippen LogP contribution in [-0.2, 0) is 31.6 Å². The number of nitrogens with zero attached hydrogens (tertiary/aromatic N) is 8. The van der Waals surface area contributed by atoms with Crippen LogP contribution in [0.25, 0.3) is 0 Å². The molecule has 0 radical (unpaired) electrons. The first-order chi connectivity index (χ1) is 30.5. The number of para-hydroxylation sites is 1. The minimum Gasteiger partial charge on any atom is -0.436 e. The van der Waals surface area contributed by atoms with Crippen LogP contribution in [0.3, 0.4) is 0 Å². The Balaban J connectivity index is 0.000000173. The van der Waals surface area contributed by atoms with Crippen LogP contribution in [0.15, 0.2) is 54.9 Å².